The number of amides is 1. The Bertz CT molecular complexity index is 636. The first kappa shape index (κ1) is 14.3. The first-order valence-electron chi connectivity index (χ1n) is 6.58. The number of nitrogens with one attached hydrogen (secondary N) is 1. The first-order valence-corrected chi connectivity index (χ1v) is 6.58. The van der Waals surface area contributed by atoms with Crippen molar-refractivity contribution in [3.05, 3.63) is 36.0 Å². The summed E-state index contributed by atoms with van der Waals surface area (Å²) in [6, 6.07) is 8.96. The normalized spacial score (nSPS) is 13.9. The van der Waals surface area contributed by atoms with Gasteiger partial charge in [0.05, 0.1) is 17.7 Å². The fourth-order valence-corrected chi connectivity index (χ4v) is 1.90. The standard InChI is InChI=1S/C15H19N3O2/c1-3-15(2,9-19)18-14(20)13-8-11(16)10-6-4-5-7-12(10)17-13/h4-8,19H,3,9H2,1-2H3,(H2,16,17)(H,18,20). The molecule has 0 aliphatic heterocycles. The van der Waals surface area contributed by atoms with Crippen LogP contribution in [0, 0.1) is 0 Å². The molecule has 106 valence electrons. The fraction of sp³-hybridized carbons (Fsp3) is 0.333. The molecule has 0 radical (unpaired) electrons. The molecule has 0 saturated heterocycles. The molecular weight excluding hydrogens is 254 g/mol. The molecule has 0 aliphatic carbocycles. The van der Waals surface area contributed by atoms with Gasteiger partial charge in [0.2, 0.25) is 0 Å². The number of carbonyl (C=O) groups is 1. The van der Waals surface area contributed by atoms with Crippen molar-refractivity contribution in [2.24, 2.45) is 0 Å². The van der Waals surface area contributed by atoms with Gasteiger partial charge in [-0.3, -0.25) is 4.79 Å². The van der Waals surface area contributed by atoms with Crippen LogP contribution in [0.3, 0.4) is 0 Å². The number of nitrogen functional groups attached to an aromatic ring is 1. The quantitative estimate of drug-likeness (QED) is 0.791. The predicted molar refractivity (Wildman–Crippen MR) is 79.4 cm³/mol. The maximum Gasteiger partial charge on any atom is 0.270 e. The van der Waals surface area contributed by atoms with E-state index in [1.165, 1.54) is 0 Å². The summed E-state index contributed by atoms with van der Waals surface area (Å²) in [7, 11) is 0. The Morgan fingerprint density at radius 2 is 2.15 bits per heavy atom. The molecule has 5 nitrogen and oxygen atoms in total. The van der Waals surface area contributed by atoms with Gasteiger partial charge < -0.3 is 16.2 Å². The SMILES string of the molecule is CCC(C)(CO)NC(=O)c1cc(N)c2ccccc2n1. The van der Waals surface area contributed by atoms with Gasteiger partial charge >= 0.3 is 0 Å². The Labute approximate surface area is 117 Å². The van der Waals surface area contributed by atoms with Gasteiger partial charge in [-0.05, 0) is 25.5 Å². The molecule has 0 fully saturated rings. The Hall–Kier alpha value is -2.14. The van der Waals surface area contributed by atoms with Crippen molar-refractivity contribution >= 4 is 22.5 Å². The zero-order chi connectivity index (χ0) is 14.8. The molecule has 2 aromatic rings. The van der Waals surface area contributed by atoms with Gasteiger partial charge in [0.1, 0.15) is 5.69 Å². The topological polar surface area (TPSA) is 88.2 Å². The second-order valence-electron chi connectivity index (χ2n) is 5.14. The van der Waals surface area contributed by atoms with E-state index in [1.807, 2.05) is 31.2 Å². The third-order valence-corrected chi connectivity index (χ3v) is 3.53. The number of benzene rings is 1. The summed E-state index contributed by atoms with van der Waals surface area (Å²) in [5.74, 6) is -0.333. The number of nitrogens with two attached hydrogens (primary N) is 1. The molecular formula is C15H19N3O2. The van der Waals surface area contributed by atoms with Crippen LogP contribution >= 0.6 is 0 Å². The Balaban J connectivity index is 2.36. The van der Waals surface area contributed by atoms with Crippen LogP contribution in [0.2, 0.25) is 0 Å². The van der Waals surface area contributed by atoms with Crippen LogP contribution in [0.15, 0.2) is 30.3 Å². The monoisotopic (exact) mass is 273 g/mol. The lowest BCUT2D eigenvalue weighted by Crippen LogP contribution is -2.48. The van der Waals surface area contributed by atoms with E-state index in [2.05, 4.69) is 10.3 Å². The van der Waals surface area contributed by atoms with Gasteiger partial charge in [-0.1, -0.05) is 25.1 Å². The van der Waals surface area contributed by atoms with Crippen LogP contribution in [0.4, 0.5) is 5.69 Å². The summed E-state index contributed by atoms with van der Waals surface area (Å²) < 4.78 is 0. The second kappa shape index (κ2) is 5.46. The van der Waals surface area contributed by atoms with E-state index >= 15 is 0 Å². The van der Waals surface area contributed by atoms with Crippen molar-refractivity contribution < 1.29 is 9.90 Å². The molecule has 0 bridgehead atoms. The maximum atomic E-state index is 12.2. The number of aliphatic hydroxyl groups is 1. The summed E-state index contributed by atoms with van der Waals surface area (Å²) in [5.41, 5.74) is 6.76. The molecule has 1 heterocycles. The van der Waals surface area contributed by atoms with Crippen LogP contribution in [-0.4, -0.2) is 28.1 Å². The van der Waals surface area contributed by atoms with E-state index in [9.17, 15) is 9.90 Å². The fourth-order valence-electron chi connectivity index (χ4n) is 1.90. The first-order chi connectivity index (χ1) is 9.49. The van der Waals surface area contributed by atoms with Crippen LogP contribution < -0.4 is 11.1 Å². The van der Waals surface area contributed by atoms with Gasteiger partial charge in [0, 0.05) is 11.1 Å². The average Bonchev–Trinajstić information content (AvgIpc) is 2.47. The molecule has 20 heavy (non-hydrogen) atoms. The molecule has 1 unspecified atom stereocenters. The minimum Gasteiger partial charge on any atom is -0.398 e. The molecule has 4 N–H and O–H groups in total. The Morgan fingerprint density at radius 1 is 1.45 bits per heavy atom. The van der Waals surface area contributed by atoms with Crippen LogP contribution in [0.5, 0.6) is 0 Å². The minimum absolute atomic E-state index is 0.127. The zero-order valence-corrected chi connectivity index (χ0v) is 11.7. The number of nitrogens with zero attached hydrogens (tertiary/aromatic N) is 1. The predicted octanol–water partition coefficient (Wildman–Crippen LogP) is 1.71. The van der Waals surface area contributed by atoms with Gasteiger partial charge in [-0.15, -0.1) is 0 Å². The maximum absolute atomic E-state index is 12.2. The number of hydrogen-bond donors (Lipinski definition) is 3. The molecule has 0 spiro atoms. The second-order valence-corrected chi connectivity index (χ2v) is 5.14. The Kier molecular flexibility index (Phi) is 3.90. The third kappa shape index (κ3) is 2.72. The van der Waals surface area contributed by atoms with Gasteiger partial charge in [-0.25, -0.2) is 4.98 Å². The summed E-state index contributed by atoms with van der Waals surface area (Å²) in [5, 5.41) is 13.0. The van der Waals surface area contributed by atoms with Gasteiger partial charge in [0.15, 0.2) is 0 Å². The van der Waals surface area contributed by atoms with Crippen LogP contribution in [0.25, 0.3) is 10.9 Å². The number of anilines is 1. The molecule has 2 rings (SSSR count). The Morgan fingerprint density at radius 3 is 2.80 bits per heavy atom. The van der Waals surface area contributed by atoms with Crippen molar-refractivity contribution in [2.45, 2.75) is 25.8 Å². The molecule has 5 heteroatoms. The molecule has 1 atom stereocenters. The number of pyridine rings is 1. The lowest BCUT2D eigenvalue weighted by atomic mass is 10.00. The molecule has 0 aliphatic rings. The van der Waals surface area contributed by atoms with Crippen molar-refractivity contribution in [2.75, 3.05) is 12.3 Å². The van der Waals surface area contributed by atoms with E-state index in [4.69, 9.17) is 5.73 Å². The highest BCUT2D eigenvalue weighted by Gasteiger charge is 2.24. The number of carbonyl (C=O) groups excluding carboxylic acids is 1. The third-order valence-electron chi connectivity index (χ3n) is 3.53. The number of fused-ring (bicyclic) bond motifs is 1. The average molecular weight is 273 g/mol. The summed E-state index contributed by atoms with van der Waals surface area (Å²) in [4.78, 5) is 16.5. The van der Waals surface area contributed by atoms with E-state index in [-0.39, 0.29) is 18.2 Å². The van der Waals surface area contributed by atoms with Crippen molar-refractivity contribution in [1.82, 2.24) is 10.3 Å². The summed E-state index contributed by atoms with van der Waals surface area (Å²) in [6.45, 7) is 3.56. The molecule has 1 aromatic carbocycles. The van der Waals surface area contributed by atoms with Crippen molar-refractivity contribution in [3.8, 4) is 0 Å². The number of hydrogen-bond acceptors (Lipinski definition) is 4. The molecule has 1 amide bonds. The van der Waals surface area contributed by atoms with Gasteiger partial charge in [-0.2, -0.15) is 0 Å². The highest BCUT2D eigenvalue weighted by molar-refractivity contribution is 5.99. The smallest absolute Gasteiger partial charge is 0.270 e. The molecule has 0 saturated carbocycles. The highest BCUT2D eigenvalue weighted by atomic mass is 16.3. The summed E-state index contributed by atoms with van der Waals surface area (Å²) in [6.07, 6.45) is 0.623. The minimum atomic E-state index is -0.654. The van der Waals surface area contributed by atoms with E-state index in [1.54, 1.807) is 13.0 Å². The highest BCUT2D eigenvalue weighted by Crippen LogP contribution is 2.20. The van der Waals surface area contributed by atoms with E-state index in [0.29, 0.717) is 17.6 Å². The molecule has 1 aromatic heterocycles. The largest absolute Gasteiger partial charge is 0.398 e. The number of aromatic nitrogens is 1. The van der Waals surface area contributed by atoms with Crippen molar-refractivity contribution in [1.29, 1.82) is 0 Å². The number of para-hydroxylation sites is 1. The lowest BCUT2D eigenvalue weighted by molar-refractivity contribution is 0.0842. The van der Waals surface area contributed by atoms with Gasteiger partial charge in [0.25, 0.3) is 5.91 Å². The number of aliphatic hydroxyl groups excluding tert-OH is 1. The van der Waals surface area contributed by atoms with Crippen molar-refractivity contribution in [3.63, 3.8) is 0 Å². The van der Waals surface area contributed by atoms with Crippen LogP contribution in [0.1, 0.15) is 30.8 Å². The van der Waals surface area contributed by atoms with E-state index in [0.717, 1.165) is 5.39 Å². The zero-order valence-electron chi connectivity index (χ0n) is 11.7. The number of rotatable bonds is 4. The summed E-state index contributed by atoms with van der Waals surface area (Å²) >= 11 is 0. The lowest BCUT2D eigenvalue weighted by Gasteiger charge is -2.27. The van der Waals surface area contributed by atoms with Crippen LogP contribution in [-0.2, 0) is 0 Å². The van der Waals surface area contributed by atoms with E-state index < -0.39 is 5.54 Å².